The Morgan fingerprint density at radius 2 is 1.92 bits per heavy atom. The number of carbonyl (C=O) groups is 2. The van der Waals surface area contributed by atoms with E-state index in [1.54, 1.807) is 11.8 Å². The lowest BCUT2D eigenvalue weighted by atomic mass is 10.1. The number of carbonyl (C=O) groups excluding carboxylic acids is 2. The Balaban J connectivity index is 1.58. The van der Waals surface area contributed by atoms with Gasteiger partial charge in [-0.2, -0.15) is 0 Å². The van der Waals surface area contributed by atoms with Crippen LogP contribution in [0.25, 0.3) is 0 Å². The average molecular weight is 353 g/mol. The lowest BCUT2D eigenvalue weighted by Gasteiger charge is -2.31. The Morgan fingerprint density at radius 1 is 1.24 bits per heavy atom. The molecule has 1 aliphatic rings. The number of ether oxygens (including phenoxy) is 2. The van der Waals surface area contributed by atoms with Crippen molar-refractivity contribution in [3.63, 3.8) is 0 Å². The van der Waals surface area contributed by atoms with Gasteiger partial charge in [-0.15, -0.1) is 0 Å². The number of halogens is 1. The van der Waals surface area contributed by atoms with Gasteiger partial charge in [-0.3, -0.25) is 0 Å². The molecule has 0 unspecified atom stereocenters. The molecule has 138 valence electrons. The Morgan fingerprint density at radius 3 is 2.56 bits per heavy atom. The predicted molar refractivity (Wildman–Crippen MR) is 90.0 cm³/mol. The van der Waals surface area contributed by atoms with Crippen molar-refractivity contribution in [2.75, 3.05) is 32.8 Å². The number of likely N-dealkylation sites (tertiary alicyclic amines) is 1. The van der Waals surface area contributed by atoms with Crippen LogP contribution >= 0.6 is 0 Å². The summed E-state index contributed by atoms with van der Waals surface area (Å²) in [5, 5.41) is 5.59. The van der Waals surface area contributed by atoms with Crippen LogP contribution < -0.4 is 15.4 Å². The summed E-state index contributed by atoms with van der Waals surface area (Å²) >= 11 is 0. The van der Waals surface area contributed by atoms with E-state index < -0.39 is 0 Å². The molecule has 1 heterocycles. The van der Waals surface area contributed by atoms with Crippen molar-refractivity contribution in [3.8, 4) is 5.75 Å². The molecule has 8 heteroatoms. The van der Waals surface area contributed by atoms with Crippen LogP contribution in [0, 0.1) is 5.82 Å². The average Bonchev–Trinajstić information content (AvgIpc) is 2.61. The molecule has 0 spiro atoms. The fourth-order valence-corrected chi connectivity index (χ4v) is 2.52. The summed E-state index contributed by atoms with van der Waals surface area (Å²) in [6, 6.07) is 5.47. The third-order valence-corrected chi connectivity index (χ3v) is 3.83. The van der Waals surface area contributed by atoms with Crippen molar-refractivity contribution < 1.29 is 23.5 Å². The highest BCUT2D eigenvalue weighted by atomic mass is 19.1. The van der Waals surface area contributed by atoms with Crippen LogP contribution in [0.2, 0.25) is 0 Å². The van der Waals surface area contributed by atoms with Crippen molar-refractivity contribution in [1.82, 2.24) is 15.5 Å². The molecular formula is C17H24FN3O4. The monoisotopic (exact) mass is 353 g/mol. The maximum Gasteiger partial charge on any atom is 0.409 e. The zero-order chi connectivity index (χ0) is 18.1. The second-order valence-corrected chi connectivity index (χ2v) is 5.66. The van der Waals surface area contributed by atoms with Gasteiger partial charge in [-0.25, -0.2) is 14.0 Å². The van der Waals surface area contributed by atoms with Crippen molar-refractivity contribution in [1.29, 1.82) is 0 Å². The smallest absolute Gasteiger partial charge is 0.409 e. The molecule has 0 radical (unpaired) electrons. The molecule has 0 aromatic heterocycles. The number of rotatable bonds is 6. The first kappa shape index (κ1) is 18.8. The molecule has 1 aliphatic heterocycles. The molecule has 0 atom stereocenters. The summed E-state index contributed by atoms with van der Waals surface area (Å²) in [5.41, 5.74) is 0. The summed E-state index contributed by atoms with van der Waals surface area (Å²) < 4.78 is 23.1. The van der Waals surface area contributed by atoms with Crippen molar-refractivity contribution in [2.45, 2.75) is 25.8 Å². The van der Waals surface area contributed by atoms with Crippen LogP contribution in [-0.4, -0.2) is 55.9 Å². The number of piperidine rings is 1. The standard InChI is InChI=1S/C17H24FN3O4/c1-2-24-17(23)21-10-7-14(8-11-21)20-16(22)19-9-12-25-15-5-3-13(18)4-6-15/h3-6,14H,2,7-12H2,1H3,(H2,19,20,22). The molecule has 2 N–H and O–H groups in total. The van der Waals surface area contributed by atoms with Gasteiger partial charge in [-0.05, 0) is 44.0 Å². The van der Waals surface area contributed by atoms with E-state index in [4.69, 9.17) is 9.47 Å². The van der Waals surface area contributed by atoms with Crippen molar-refractivity contribution in [3.05, 3.63) is 30.1 Å². The van der Waals surface area contributed by atoms with Crippen molar-refractivity contribution >= 4 is 12.1 Å². The molecule has 0 bridgehead atoms. The number of benzene rings is 1. The first-order valence-electron chi connectivity index (χ1n) is 8.43. The number of hydrogen-bond acceptors (Lipinski definition) is 4. The van der Waals surface area contributed by atoms with Crippen LogP contribution in [0.4, 0.5) is 14.0 Å². The van der Waals surface area contributed by atoms with Gasteiger partial charge < -0.3 is 25.0 Å². The lowest BCUT2D eigenvalue weighted by molar-refractivity contribution is 0.0957. The van der Waals surface area contributed by atoms with Gasteiger partial charge in [0.1, 0.15) is 18.2 Å². The van der Waals surface area contributed by atoms with Crippen LogP contribution in [0.1, 0.15) is 19.8 Å². The van der Waals surface area contributed by atoms with E-state index in [1.165, 1.54) is 24.3 Å². The molecule has 2 rings (SSSR count). The summed E-state index contributed by atoms with van der Waals surface area (Å²) in [5.74, 6) is 0.230. The number of nitrogens with zero attached hydrogens (tertiary/aromatic N) is 1. The first-order valence-corrected chi connectivity index (χ1v) is 8.43. The fourth-order valence-electron chi connectivity index (χ4n) is 2.52. The molecule has 1 fully saturated rings. The van der Waals surface area contributed by atoms with Crippen LogP contribution in [0.3, 0.4) is 0 Å². The summed E-state index contributed by atoms with van der Waals surface area (Å²) in [4.78, 5) is 25.1. The van der Waals surface area contributed by atoms with Gasteiger partial charge in [0, 0.05) is 19.1 Å². The van der Waals surface area contributed by atoms with Crippen LogP contribution in [0.5, 0.6) is 5.75 Å². The third kappa shape index (κ3) is 6.48. The quantitative estimate of drug-likeness (QED) is 0.768. The van der Waals surface area contributed by atoms with E-state index in [0.29, 0.717) is 51.4 Å². The van der Waals surface area contributed by atoms with E-state index in [0.717, 1.165) is 0 Å². The van der Waals surface area contributed by atoms with Crippen LogP contribution in [-0.2, 0) is 4.74 Å². The predicted octanol–water partition coefficient (Wildman–Crippen LogP) is 2.12. The minimum Gasteiger partial charge on any atom is -0.492 e. The molecule has 0 saturated carbocycles. The zero-order valence-corrected chi connectivity index (χ0v) is 14.3. The molecule has 3 amide bonds. The Kier molecular flexibility index (Phi) is 7.31. The highest BCUT2D eigenvalue weighted by molar-refractivity contribution is 5.74. The number of nitrogens with one attached hydrogen (secondary N) is 2. The number of urea groups is 1. The third-order valence-electron chi connectivity index (χ3n) is 3.83. The second-order valence-electron chi connectivity index (χ2n) is 5.66. The van der Waals surface area contributed by atoms with Gasteiger partial charge in [0.15, 0.2) is 0 Å². The molecule has 7 nitrogen and oxygen atoms in total. The van der Waals surface area contributed by atoms with Gasteiger partial charge in [-0.1, -0.05) is 0 Å². The largest absolute Gasteiger partial charge is 0.492 e. The minimum atomic E-state index is -0.321. The highest BCUT2D eigenvalue weighted by Crippen LogP contribution is 2.12. The summed E-state index contributed by atoms with van der Waals surface area (Å²) in [7, 11) is 0. The van der Waals surface area contributed by atoms with Gasteiger partial charge in [0.2, 0.25) is 0 Å². The Labute approximate surface area is 146 Å². The summed E-state index contributed by atoms with van der Waals surface area (Å²) in [6.07, 6.45) is 1.08. The van der Waals surface area contributed by atoms with Gasteiger partial charge in [0.25, 0.3) is 0 Å². The van der Waals surface area contributed by atoms with E-state index in [1.807, 2.05) is 0 Å². The molecule has 1 aromatic carbocycles. The molecule has 25 heavy (non-hydrogen) atoms. The minimum absolute atomic E-state index is 0.0312. The SMILES string of the molecule is CCOC(=O)N1CCC(NC(=O)NCCOc2ccc(F)cc2)CC1. The Bertz CT molecular complexity index is 560. The second kappa shape index (κ2) is 9.71. The van der Waals surface area contributed by atoms with Crippen molar-refractivity contribution in [2.24, 2.45) is 0 Å². The van der Waals surface area contributed by atoms with Crippen LogP contribution in [0.15, 0.2) is 24.3 Å². The normalized spacial score (nSPS) is 14.7. The fraction of sp³-hybridized carbons (Fsp3) is 0.529. The molecular weight excluding hydrogens is 329 g/mol. The molecule has 1 saturated heterocycles. The van der Waals surface area contributed by atoms with E-state index >= 15 is 0 Å². The zero-order valence-electron chi connectivity index (χ0n) is 14.3. The number of amides is 3. The van der Waals surface area contributed by atoms with Gasteiger partial charge >= 0.3 is 12.1 Å². The van der Waals surface area contributed by atoms with E-state index in [2.05, 4.69) is 10.6 Å². The maximum absolute atomic E-state index is 12.8. The molecule has 0 aliphatic carbocycles. The van der Waals surface area contributed by atoms with E-state index in [9.17, 15) is 14.0 Å². The maximum atomic E-state index is 12.8. The highest BCUT2D eigenvalue weighted by Gasteiger charge is 2.24. The number of hydrogen-bond donors (Lipinski definition) is 2. The summed E-state index contributed by atoms with van der Waals surface area (Å²) in [6.45, 7) is 3.90. The topological polar surface area (TPSA) is 79.9 Å². The first-order chi connectivity index (χ1) is 12.1. The van der Waals surface area contributed by atoms with E-state index in [-0.39, 0.29) is 24.0 Å². The Hall–Kier alpha value is -2.51. The van der Waals surface area contributed by atoms with Gasteiger partial charge in [0.05, 0.1) is 13.2 Å². The molecule has 1 aromatic rings. The lowest BCUT2D eigenvalue weighted by Crippen LogP contribution is -2.49.